The number of hydrogen-bond acceptors (Lipinski definition) is 3. The Morgan fingerprint density at radius 1 is 1.90 bits per heavy atom. The van der Waals surface area contributed by atoms with Gasteiger partial charge in [-0.15, -0.1) is 0 Å². The maximum Gasteiger partial charge on any atom is 0.310 e. The highest BCUT2D eigenvalue weighted by molar-refractivity contribution is 5.97. The standard InChI is InChI=1S/C6H10N2O2/c1-8-3-2-7-5(8)4-6(9)10/h2-4H2,1H3,(H,9,10). The fourth-order valence-electron chi connectivity index (χ4n) is 0.905. The molecule has 0 radical (unpaired) electrons. The smallest absolute Gasteiger partial charge is 0.310 e. The van der Waals surface area contributed by atoms with Gasteiger partial charge in [0.15, 0.2) is 0 Å². The maximum absolute atomic E-state index is 10.2. The van der Waals surface area contributed by atoms with E-state index in [0.717, 1.165) is 13.1 Å². The number of aliphatic carboxylic acids is 1. The van der Waals surface area contributed by atoms with Crippen LogP contribution in [0.3, 0.4) is 0 Å². The molecular weight excluding hydrogens is 132 g/mol. The fourth-order valence-corrected chi connectivity index (χ4v) is 0.905. The van der Waals surface area contributed by atoms with E-state index in [4.69, 9.17) is 5.11 Å². The lowest BCUT2D eigenvalue weighted by molar-refractivity contribution is -0.135. The lowest BCUT2D eigenvalue weighted by Gasteiger charge is -2.10. The largest absolute Gasteiger partial charge is 0.481 e. The zero-order valence-electron chi connectivity index (χ0n) is 5.87. The SMILES string of the molecule is CN1CCN=C1CC(=O)O. The summed E-state index contributed by atoms with van der Waals surface area (Å²) >= 11 is 0. The van der Waals surface area contributed by atoms with Crippen LogP contribution in [0, 0.1) is 0 Å². The molecular formula is C6H10N2O2. The van der Waals surface area contributed by atoms with Crippen molar-refractivity contribution in [2.45, 2.75) is 6.42 Å². The molecule has 0 saturated carbocycles. The van der Waals surface area contributed by atoms with Crippen LogP contribution in [0.15, 0.2) is 4.99 Å². The third-order valence-electron chi connectivity index (χ3n) is 1.48. The zero-order valence-corrected chi connectivity index (χ0v) is 5.87. The lowest BCUT2D eigenvalue weighted by atomic mass is 10.4. The second-order valence-electron chi connectivity index (χ2n) is 2.29. The van der Waals surface area contributed by atoms with Gasteiger partial charge in [-0.25, -0.2) is 0 Å². The van der Waals surface area contributed by atoms with Crippen LogP contribution in [-0.2, 0) is 4.79 Å². The molecule has 0 fully saturated rings. The molecule has 0 atom stereocenters. The number of nitrogens with zero attached hydrogens (tertiary/aromatic N) is 2. The van der Waals surface area contributed by atoms with Crippen LogP contribution in [-0.4, -0.2) is 41.9 Å². The van der Waals surface area contributed by atoms with E-state index in [1.165, 1.54) is 0 Å². The molecule has 0 bridgehead atoms. The van der Waals surface area contributed by atoms with E-state index in [1.807, 2.05) is 11.9 Å². The highest BCUT2D eigenvalue weighted by atomic mass is 16.4. The van der Waals surface area contributed by atoms with Crippen LogP contribution in [0.25, 0.3) is 0 Å². The minimum absolute atomic E-state index is 0.0521. The number of carboxylic acid groups (broad SMARTS) is 1. The van der Waals surface area contributed by atoms with Crippen molar-refractivity contribution in [2.75, 3.05) is 20.1 Å². The van der Waals surface area contributed by atoms with Crippen molar-refractivity contribution in [1.29, 1.82) is 0 Å². The van der Waals surface area contributed by atoms with Crippen molar-refractivity contribution in [2.24, 2.45) is 4.99 Å². The normalized spacial score (nSPS) is 17.3. The van der Waals surface area contributed by atoms with Crippen LogP contribution >= 0.6 is 0 Å². The molecule has 0 amide bonds. The third-order valence-corrected chi connectivity index (χ3v) is 1.48. The average molecular weight is 142 g/mol. The third kappa shape index (κ3) is 1.46. The molecule has 0 aromatic rings. The molecule has 56 valence electrons. The second kappa shape index (κ2) is 2.68. The Labute approximate surface area is 59.2 Å². The zero-order chi connectivity index (χ0) is 7.56. The van der Waals surface area contributed by atoms with Gasteiger partial charge < -0.3 is 10.0 Å². The van der Waals surface area contributed by atoms with E-state index in [-0.39, 0.29) is 6.42 Å². The minimum Gasteiger partial charge on any atom is -0.481 e. The lowest BCUT2D eigenvalue weighted by Crippen LogP contribution is -2.24. The monoisotopic (exact) mass is 142 g/mol. The summed E-state index contributed by atoms with van der Waals surface area (Å²) in [4.78, 5) is 16.1. The van der Waals surface area contributed by atoms with Crippen molar-refractivity contribution >= 4 is 11.8 Å². The molecule has 1 heterocycles. The fraction of sp³-hybridized carbons (Fsp3) is 0.667. The Morgan fingerprint density at radius 2 is 2.60 bits per heavy atom. The Morgan fingerprint density at radius 3 is 3.00 bits per heavy atom. The summed E-state index contributed by atoms with van der Waals surface area (Å²) in [6.07, 6.45) is 0.0521. The molecule has 1 aliphatic rings. The predicted molar refractivity (Wildman–Crippen MR) is 37.2 cm³/mol. The molecule has 10 heavy (non-hydrogen) atoms. The van der Waals surface area contributed by atoms with E-state index >= 15 is 0 Å². The van der Waals surface area contributed by atoms with E-state index in [0.29, 0.717) is 5.84 Å². The number of rotatable bonds is 2. The molecule has 0 aromatic carbocycles. The minimum atomic E-state index is -0.812. The van der Waals surface area contributed by atoms with E-state index in [9.17, 15) is 4.79 Å². The van der Waals surface area contributed by atoms with Gasteiger partial charge in [-0.3, -0.25) is 9.79 Å². The maximum atomic E-state index is 10.2. The quantitative estimate of drug-likeness (QED) is 0.581. The molecule has 0 saturated heterocycles. The van der Waals surface area contributed by atoms with Crippen molar-refractivity contribution in [3.05, 3.63) is 0 Å². The second-order valence-corrected chi connectivity index (χ2v) is 2.29. The molecule has 0 spiro atoms. The first-order valence-electron chi connectivity index (χ1n) is 3.16. The van der Waals surface area contributed by atoms with Crippen LogP contribution in [0.5, 0.6) is 0 Å². The predicted octanol–water partition coefficient (Wildman–Crippen LogP) is -0.195. The van der Waals surface area contributed by atoms with Gasteiger partial charge in [0.25, 0.3) is 0 Å². The summed E-state index contributed by atoms with van der Waals surface area (Å²) < 4.78 is 0. The number of carbonyl (C=O) groups is 1. The highest BCUT2D eigenvalue weighted by Crippen LogP contribution is 2.00. The molecule has 4 heteroatoms. The van der Waals surface area contributed by atoms with Crippen LogP contribution in [0.1, 0.15) is 6.42 Å². The van der Waals surface area contributed by atoms with Crippen LogP contribution in [0.4, 0.5) is 0 Å². The Kier molecular flexibility index (Phi) is 1.89. The van der Waals surface area contributed by atoms with Crippen molar-refractivity contribution in [3.8, 4) is 0 Å². The van der Waals surface area contributed by atoms with Gasteiger partial charge in [0, 0.05) is 13.6 Å². The number of amidine groups is 1. The van der Waals surface area contributed by atoms with Gasteiger partial charge in [-0.2, -0.15) is 0 Å². The summed E-state index contributed by atoms with van der Waals surface area (Å²) in [6.45, 7) is 1.59. The number of likely N-dealkylation sites (N-methyl/N-ethyl adjacent to an activating group) is 1. The first kappa shape index (κ1) is 7.05. The van der Waals surface area contributed by atoms with Crippen molar-refractivity contribution < 1.29 is 9.90 Å². The summed E-state index contributed by atoms with van der Waals surface area (Å²) in [7, 11) is 1.86. The van der Waals surface area contributed by atoms with Crippen LogP contribution < -0.4 is 0 Å². The van der Waals surface area contributed by atoms with E-state index in [2.05, 4.69) is 4.99 Å². The van der Waals surface area contributed by atoms with Gasteiger partial charge in [0.05, 0.1) is 6.54 Å². The molecule has 4 nitrogen and oxygen atoms in total. The van der Waals surface area contributed by atoms with E-state index in [1.54, 1.807) is 0 Å². The molecule has 1 aliphatic heterocycles. The summed E-state index contributed by atoms with van der Waals surface area (Å²) in [5.74, 6) is -0.125. The summed E-state index contributed by atoms with van der Waals surface area (Å²) in [5, 5.41) is 8.38. The van der Waals surface area contributed by atoms with Crippen LogP contribution in [0.2, 0.25) is 0 Å². The van der Waals surface area contributed by atoms with Gasteiger partial charge in [0.2, 0.25) is 0 Å². The Balaban J connectivity index is 2.47. The van der Waals surface area contributed by atoms with Gasteiger partial charge in [-0.05, 0) is 0 Å². The Hall–Kier alpha value is -1.06. The summed E-state index contributed by atoms with van der Waals surface area (Å²) in [6, 6.07) is 0. The molecule has 0 unspecified atom stereocenters. The van der Waals surface area contributed by atoms with Gasteiger partial charge >= 0.3 is 5.97 Å². The van der Waals surface area contributed by atoms with Gasteiger partial charge in [-0.1, -0.05) is 0 Å². The Bertz CT molecular complexity index is 177. The number of carboxylic acids is 1. The van der Waals surface area contributed by atoms with E-state index < -0.39 is 5.97 Å². The topological polar surface area (TPSA) is 52.9 Å². The number of aliphatic imine (C=N–C) groups is 1. The molecule has 0 aromatic heterocycles. The van der Waals surface area contributed by atoms with Crippen molar-refractivity contribution in [3.63, 3.8) is 0 Å². The molecule has 1 rings (SSSR count). The first-order valence-corrected chi connectivity index (χ1v) is 3.16. The molecule has 1 N–H and O–H groups in total. The number of hydrogen-bond donors (Lipinski definition) is 1. The van der Waals surface area contributed by atoms with Crippen molar-refractivity contribution in [1.82, 2.24) is 4.90 Å². The summed E-state index contributed by atoms with van der Waals surface area (Å²) in [5.41, 5.74) is 0. The average Bonchev–Trinajstić information content (AvgIpc) is 2.15. The molecule has 0 aliphatic carbocycles. The highest BCUT2D eigenvalue weighted by Gasteiger charge is 2.14. The first-order chi connectivity index (χ1) is 4.70. The van der Waals surface area contributed by atoms with Gasteiger partial charge in [0.1, 0.15) is 12.3 Å².